The summed E-state index contributed by atoms with van der Waals surface area (Å²) in [6.45, 7) is 1.16. The molecule has 1 saturated carbocycles. The molecule has 0 radical (unpaired) electrons. The second-order valence-corrected chi connectivity index (χ2v) is 5.10. The number of rotatable bonds is 5. The first-order chi connectivity index (χ1) is 9.24. The van der Waals surface area contributed by atoms with Gasteiger partial charge in [0.25, 0.3) is 0 Å². The fraction of sp³-hybridized carbons (Fsp3) is 0.385. The Hall–Kier alpha value is -1.75. The van der Waals surface area contributed by atoms with Gasteiger partial charge >= 0.3 is 0 Å². The number of nitrogens with two attached hydrogens (primary N) is 1. The van der Waals surface area contributed by atoms with Crippen molar-refractivity contribution in [2.75, 3.05) is 12.3 Å². The molecule has 1 fully saturated rings. The number of nitrogens with zero attached hydrogens (tertiary/aromatic N) is 3. The number of halogens is 1. The molecule has 0 spiro atoms. The van der Waals surface area contributed by atoms with Crippen molar-refractivity contribution in [3.05, 3.63) is 35.0 Å². The molecule has 19 heavy (non-hydrogen) atoms. The van der Waals surface area contributed by atoms with Gasteiger partial charge in [-0.2, -0.15) is 0 Å². The van der Waals surface area contributed by atoms with Gasteiger partial charge < -0.3 is 10.5 Å². The highest BCUT2D eigenvalue weighted by atomic mass is 35.5. The molecule has 0 atom stereocenters. The fourth-order valence-corrected chi connectivity index (χ4v) is 2.26. The molecule has 0 saturated heterocycles. The van der Waals surface area contributed by atoms with Crippen LogP contribution in [-0.4, -0.2) is 21.6 Å². The zero-order valence-corrected chi connectivity index (χ0v) is 11.2. The number of aromatic nitrogens is 3. The van der Waals surface area contributed by atoms with Crippen LogP contribution in [0.25, 0.3) is 0 Å². The SMILES string of the molecule is Nc1nnn(CCOc2cccc(Cl)c2)c1C1CC1. The number of hydrogen-bond acceptors (Lipinski definition) is 4. The van der Waals surface area contributed by atoms with Crippen LogP contribution in [0.2, 0.25) is 5.02 Å². The van der Waals surface area contributed by atoms with Crippen LogP contribution >= 0.6 is 11.6 Å². The van der Waals surface area contributed by atoms with Crippen molar-refractivity contribution in [1.29, 1.82) is 0 Å². The summed E-state index contributed by atoms with van der Waals surface area (Å²) in [5, 5.41) is 8.66. The monoisotopic (exact) mass is 278 g/mol. The van der Waals surface area contributed by atoms with Gasteiger partial charge in [0, 0.05) is 10.9 Å². The molecule has 1 aliphatic carbocycles. The fourth-order valence-electron chi connectivity index (χ4n) is 2.08. The molecule has 3 rings (SSSR count). The molecule has 6 heteroatoms. The van der Waals surface area contributed by atoms with E-state index in [1.54, 1.807) is 6.07 Å². The summed E-state index contributed by atoms with van der Waals surface area (Å²) in [6, 6.07) is 7.35. The highest BCUT2D eigenvalue weighted by molar-refractivity contribution is 6.30. The van der Waals surface area contributed by atoms with Crippen molar-refractivity contribution in [1.82, 2.24) is 15.0 Å². The molecule has 1 aliphatic rings. The van der Waals surface area contributed by atoms with Crippen molar-refractivity contribution in [3.8, 4) is 5.75 Å². The van der Waals surface area contributed by atoms with Crippen LogP contribution in [0, 0.1) is 0 Å². The van der Waals surface area contributed by atoms with E-state index in [2.05, 4.69) is 10.3 Å². The maximum Gasteiger partial charge on any atom is 0.169 e. The van der Waals surface area contributed by atoms with Gasteiger partial charge in [0.15, 0.2) is 5.82 Å². The normalized spacial score (nSPS) is 14.6. The summed E-state index contributed by atoms with van der Waals surface area (Å²) in [6.07, 6.45) is 2.35. The smallest absolute Gasteiger partial charge is 0.169 e. The molecular formula is C13H15ClN4O. The Bertz CT molecular complexity index is 580. The van der Waals surface area contributed by atoms with Crippen molar-refractivity contribution in [2.24, 2.45) is 0 Å². The minimum absolute atomic E-state index is 0.517. The Morgan fingerprint density at radius 2 is 2.26 bits per heavy atom. The standard InChI is InChI=1S/C13H15ClN4O/c14-10-2-1-3-11(8-10)19-7-6-18-12(9-4-5-9)13(15)16-17-18/h1-3,8-9H,4-7,15H2. The third-order valence-corrected chi connectivity index (χ3v) is 3.37. The summed E-state index contributed by atoms with van der Waals surface area (Å²) in [4.78, 5) is 0. The maximum atomic E-state index is 5.90. The van der Waals surface area contributed by atoms with Crippen molar-refractivity contribution in [2.45, 2.75) is 25.3 Å². The van der Waals surface area contributed by atoms with E-state index in [9.17, 15) is 0 Å². The van der Waals surface area contributed by atoms with Crippen LogP contribution in [0.15, 0.2) is 24.3 Å². The summed E-state index contributed by atoms with van der Waals surface area (Å²) in [7, 11) is 0. The van der Waals surface area contributed by atoms with Crippen LogP contribution in [0.3, 0.4) is 0 Å². The lowest BCUT2D eigenvalue weighted by Crippen LogP contribution is -2.12. The zero-order chi connectivity index (χ0) is 13.2. The van der Waals surface area contributed by atoms with Gasteiger partial charge in [-0.1, -0.05) is 22.9 Å². The average molecular weight is 279 g/mol. The van der Waals surface area contributed by atoms with Crippen LogP contribution in [0.5, 0.6) is 5.75 Å². The quantitative estimate of drug-likeness (QED) is 0.912. The lowest BCUT2D eigenvalue weighted by molar-refractivity contribution is 0.287. The molecule has 100 valence electrons. The van der Waals surface area contributed by atoms with E-state index in [1.165, 1.54) is 12.8 Å². The van der Waals surface area contributed by atoms with Crippen molar-refractivity contribution < 1.29 is 4.74 Å². The molecule has 1 heterocycles. The molecule has 0 unspecified atom stereocenters. The molecule has 0 bridgehead atoms. The summed E-state index contributed by atoms with van der Waals surface area (Å²) in [5.41, 5.74) is 6.88. The second kappa shape index (κ2) is 5.09. The first-order valence-electron chi connectivity index (χ1n) is 6.31. The van der Waals surface area contributed by atoms with Gasteiger partial charge in [0.2, 0.25) is 0 Å². The zero-order valence-electron chi connectivity index (χ0n) is 10.4. The largest absolute Gasteiger partial charge is 0.492 e. The Morgan fingerprint density at radius 1 is 1.42 bits per heavy atom. The Kier molecular flexibility index (Phi) is 3.29. The van der Waals surface area contributed by atoms with E-state index in [-0.39, 0.29) is 0 Å². The summed E-state index contributed by atoms with van der Waals surface area (Å²) in [5.74, 6) is 1.83. The lowest BCUT2D eigenvalue weighted by Gasteiger charge is -2.08. The molecule has 2 aromatic rings. The molecule has 2 N–H and O–H groups in total. The molecule has 5 nitrogen and oxygen atoms in total. The van der Waals surface area contributed by atoms with Gasteiger partial charge in [-0.3, -0.25) is 0 Å². The predicted octanol–water partition coefficient (Wildman–Crippen LogP) is 2.47. The minimum Gasteiger partial charge on any atom is -0.492 e. The van der Waals surface area contributed by atoms with Crippen LogP contribution in [0.1, 0.15) is 24.5 Å². The topological polar surface area (TPSA) is 66.0 Å². The summed E-state index contributed by atoms with van der Waals surface area (Å²) >= 11 is 5.90. The highest BCUT2D eigenvalue weighted by Gasteiger charge is 2.30. The molecular weight excluding hydrogens is 264 g/mol. The third-order valence-electron chi connectivity index (χ3n) is 3.13. The van der Waals surface area contributed by atoms with E-state index in [1.807, 2.05) is 22.9 Å². The minimum atomic E-state index is 0.517. The summed E-state index contributed by atoms with van der Waals surface area (Å²) < 4.78 is 7.49. The lowest BCUT2D eigenvalue weighted by atomic mass is 10.3. The van der Waals surface area contributed by atoms with Gasteiger partial charge in [-0.25, -0.2) is 4.68 Å². The van der Waals surface area contributed by atoms with Gasteiger partial charge in [-0.15, -0.1) is 5.10 Å². The number of ether oxygens (including phenoxy) is 1. The van der Waals surface area contributed by atoms with Gasteiger partial charge in [0.1, 0.15) is 12.4 Å². The molecule has 0 amide bonds. The van der Waals surface area contributed by atoms with E-state index < -0.39 is 0 Å². The third kappa shape index (κ3) is 2.81. The molecule has 1 aromatic heterocycles. The highest BCUT2D eigenvalue weighted by Crippen LogP contribution is 2.41. The molecule has 0 aliphatic heterocycles. The van der Waals surface area contributed by atoms with E-state index in [4.69, 9.17) is 22.1 Å². The number of hydrogen-bond donors (Lipinski definition) is 1. The van der Waals surface area contributed by atoms with Gasteiger partial charge in [0.05, 0.1) is 12.2 Å². The maximum absolute atomic E-state index is 5.90. The first-order valence-corrected chi connectivity index (χ1v) is 6.69. The number of nitrogen functional groups attached to an aromatic ring is 1. The second-order valence-electron chi connectivity index (χ2n) is 4.66. The van der Waals surface area contributed by atoms with Gasteiger partial charge in [-0.05, 0) is 31.0 Å². The van der Waals surface area contributed by atoms with Crippen LogP contribution < -0.4 is 10.5 Å². The van der Waals surface area contributed by atoms with Crippen molar-refractivity contribution >= 4 is 17.4 Å². The number of benzene rings is 1. The van der Waals surface area contributed by atoms with E-state index >= 15 is 0 Å². The molecule has 1 aromatic carbocycles. The Morgan fingerprint density at radius 3 is 3.00 bits per heavy atom. The Balaban J connectivity index is 1.61. The van der Waals surface area contributed by atoms with Crippen LogP contribution in [0.4, 0.5) is 5.82 Å². The first kappa shape index (κ1) is 12.3. The van der Waals surface area contributed by atoms with Crippen molar-refractivity contribution in [3.63, 3.8) is 0 Å². The average Bonchev–Trinajstić information content (AvgIpc) is 3.15. The van der Waals surface area contributed by atoms with E-state index in [0.717, 1.165) is 11.4 Å². The predicted molar refractivity (Wildman–Crippen MR) is 73.4 cm³/mol. The Labute approximate surface area is 116 Å². The number of anilines is 1. The van der Waals surface area contributed by atoms with Crippen LogP contribution in [-0.2, 0) is 6.54 Å². The van der Waals surface area contributed by atoms with E-state index in [0.29, 0.717) is 29.9 Å².